The number of pyridine rings is 1. The van der Waals surface area contributed by atoms with E-state index in [2.05, 4.69) is 11.1 Å². The second-order valence-corrected chi connectivity index (χ2v) is 8.41. The Balaban J connectivity index is 1.54. The van der Waals surface area contributed by atoms with Crippen molar-refractivity contribution in [1.82, 2.24) is 4.98 Å². The minimum atomic E-state index is -0.0118. The molecule has 0 saturated heterocycles. The Hall–Kier alpha value is -2.01. The summed E-state index contributed by atoms with van der Waals surface area (Å²) in [6, 6.07) is 15.5. The third kappa shape index (κ3) is 4.04. The fourth-order valence-corrected chi connectivity index (χ4v) is 4.97. The molecular weight excluding hydrogens is 411 g/mol. The number of fused-ring (bicyclic) bond motifs is 1. The van der Waals surface area contributed by atoms with Crippen LogP contribution in [0.2, 0.25) is 10.0 Å². The van der Waals surface area contributed by atoms with Crippen LogP contribution < -0.4 is 4.90 Å². The highest BCUT2D eigenvalue weighted by molar-refractivity contribution is 7.98. The maximum Gasteiger partial charge on any atom is 0.259 e. The van der Waals surface area contributed by atoms with Crippen LogP contribution in [0, 0.1) is 0 Å². The van der Waals surface area contributed by atoms with Crippen molar-refractivity contribution in [3.05, 3.63) is 87.7 Å². The second-order valence-electron chi connectivity index (χ2n) is 6.61. The Morgan fingerprint density at radius 2 is 1.86 bits per heavy atom. The Morgan fingerprint density at radius 1 is 1.07 bits per heavy atom. The molecule has 28 heavy (non-hydrogen) atoms. The lowest BCUT2D eigenvalue weighted by molar-refractivity contribution is 0.0984. The van der Waals surface area contributed by atoms with Crippen LogP contribution in [-0.4, -0.2) is 17.4 Å². The first-order valence-electron chi connectivity index (χ1n) is 9.04. The molecule has 2 aromatic carbocycles. The van der Waals surface area contributed by atoms with E-state index in [1.807, 2.05) is 47.4 Å². The van der Waals surface area contributed by atoms with Gasteiger partial charge in [0.25, 0.3) is 5.91 Å². The molecule has 0 radical (unpaired) electrons. The first-order chi connectivity index (χ1) is 13.6. The highest BCUT2D eigenvalue weighted by Gasteiger charge is 2.23. The molecule has 1 amide bonds. The molecule has 0 unspecified atom stereocenters. The van der Waals surface area contributed by atoms with Crippen LogP contribution in [0.4, 0.5) is 5.69 Å². The molecule has 0 N–H and O–H groups in total. The molecule has 0 saturated carbocycles. The first-order valence-corrected chi connectivity index (χ1v) is 10.8. The predicted molar refractivity (Wildman–Crippen MR) is 117 cm³/mol. The van der Waals surface area contributed by atoms with E-state index in [0.717, 1.165) is 35.5 Å². The molecular formula is C22H18Cl2N2OS. The largest absolute Gasteiger partial charge is 0.308 e. The van der Waals surface area contributed by atoms with Crippen LogP contribution in [0.1, 0.15) is 27.9 Å². The van der Waals surface area contributed by atoms with Crippen molar-refractivity contribution < 1.29 is 4.79 Å². The summed E-state index contributed by atoms with van der Waals surface area (Å²) in [4.78, 5) is 20.1. The molecule has 0 fully saturated rings. The maximum absolute atomic E-state index is 13.1. The lowest BCUT2D eigenvalue weighted by Crippen LogP contribution is -2.35. The number of aryl methyl sites for hydroxylation is 1. The molecule has 3 aromatic rings. The number of carbonyl (C=O) groups excluding carboxylic acids is 1. The first kappa shape index (κ1) is 19.3. The van der Waals surface area contributed by atoms with Crippen LogP contribution >= 0.6 is 35.0 Å². The average molecular weight is 429 g/mol. The predicted octanol–water partition coefficient (Wildman–Crippen LogP) is 6.27. The van der Waals surface area contributed by atoms with Gasteiger partial charge >= 0.3 is 0 Å². The van der Waals surface area contributed by atoms with Crippen molar-refractivity contribution in [3.63, 3.8) is 0 Å². The molecule has 4 rings (SSSR count). The van der Waals surface area contributed by atoms with Gasteiger partial charge in [-0.05, 0) is 48.2 Å². The zero-order chi connectivity index (χ0) is 19.5. The molecule has 1 aliphatic heterocycles. The lowest BCUT2D eigenvalue weighted by atomic mass is 10.0. The van der Waals surface area contributed by atoms with Gasteiger partial charge in [0.15, 0.2) is 0 Å². The van der Waals surface area contributed by atoms with E-state index in [9.17, 15) is 4.79 Å². The number of anilines is 1. The third-order valence-corrected chi connectivity index (χ3v) is 6.76. The van der Waals surface area contributed by atoms with Crippen molar-refractivity contribution in [2.24, 2.45) is 0 Å². The molecule has 3 nitrogen and oxygen atoms in total. The molecule has 0 atom stereocenters. The topological polar surface area (TPSA) is 33.2 Å². The number of benzene rings is 2. The molecule has 0 bridgehead atoms. The van der Waals surface area contributed by atoms with Crippen LogP contribution in [-0.2, 0) is 12.2 Å². The monoisotopic (exact) mass is 428 g/mol. The van der Waals surface area contributed by atoms with Gasteiger partial charge in [0.05, 0.1) is 15.6 Å². The van der Waals surface area contributed by atoms with Crippen LogP contribution in [0.5, 0.6) is 0 Å². The van der Waals surface area contributed by atoms with Gasteiger partial charge in [-0.25, -0.2) is 0 Å². The van der Waals surface area contributed by atoms with Crippen molar-refractivity contribution in [2.75, 3.05) is 11.4 Å². The molecule has 0 spiro atoms. The molecule has 142 valence electrons. The summed E-state index contributed by atoms with van der Waals surface area (Å²) in [6.07, 6.45) is 5.39. The summed E-state index contributed by atoms with van der Waals surface area (Å²) in [7, 11) is 0. The smallest absolute Gasteiger partial charge is 0.259 e. The summed E-state index contributed by atoms with van der Waals surface area (Å²) >= 11 is 14.0. The molecule has 1 aliphatic rings. The van der Waals surface area contributed by atoms with Crippen molar-refractivity contribution >= 4 is 46.6 Å². The van der Waals surface area contributed by atoms with E-state index in [1.165, 1.54) is 5.56 Å². The Kier molecular flexibility index (Phi) is 5.90. The average Bonchev–Trinajstić information content (AvgIpc) is 2.73. The summed E-state index contributed by atoms with van der Waals surface area (Å²) in [6.45, 7) is 0.726. The van der Waals surface area contributed by atoms with Crippen molar-refractivity contribution in [1.29, 1.82) is 0 Å². The summed E-state index contributed by atoms with van der Waals surface area (Å²) in [5.41, 5.74) is 3.77. The van der Waals surface area contributed by atoms with Gasteiger partial charge in [0.2, 0.25) is 0 Å². The maximum atomic E-state index is 13.1. The van der Waals surface area contributed by atoms with E-state index < -0.39 is 0 Å². The highest BCUT2D eigenvalue weighted by atomic mass is 35.5. The van der Waals surface area contributed by atoms with Crippen LogP contribution in [0.25, 0.3) is 0 Å². The Bertz CT molecular complexity index is 1000. The fraction of sp³-hybridized carbons (Fsp3) is 0.182. The van der Waals surface area contributed by atoms with Crippen molar-refractivity contribution in [3.8, 4) is 0 Å². The lowest BCUT2D eigenvalue weighted by Gasteiger charge is -2.29. The quantitative estimate of drug-likeness (QED) is 0.458. The standard InChI is InChI=1S/C22H18Cl2N2OS/c23-18-7-3-8-19(24)21(18)28-14-15-11-17(13-25-12-15)22(27)26-10-4-6-16-5-1-2-9-20(16)26/h1-3,5,7-9,11-13H,4,6,10,14H2. The normalized spacial score (nSPS) is 13.3. The van der Waals surface area contributed by atoms with Gasteiger partial charge in [-0.1, -0.05) is 47.5 Å². The molecule has 0 aliphatic carbocycles. The number of rotatable bonds is 4. The van der Waals surface area contributed by atoms with Gasteiger partial charge in [0.1, 0.15) is 0 Å². The number of nitrogens with zero attached hydrogens (tertiary/aromatic N) is 2. The van der Waals surface area contributed by atoms with Crippen molar-refractivity contribution in [2.45, 2.75) is 23.5 Å². The highest BCUT2D eigenvalue weighted by Crippen LogP contribution is 2.36. The number of halogens is 2. The van der Waals surface area contributed by atoms with Gasteiger partial charge in [-0.15, -0.1) is 11.8 Å². The number of thioether (sulfide) groups is 1. The minimum Gasteiger partial charge on any atom is -0.308 e. The summed E-state index contributed by atoms with van der Waals surface area (Å²) < 4.78 is 0. The molecule has 1 aromatic heterocycles. The number of para-hydroxylation sites is 1. The summed E-state index contributed by atoms with van der Waals surface area (Å²) in [5.74, 6) is 0.621. The zero-order valence-corrected chi connectivity index (χ0v) is 17.4. The van der Waals surface area contributed by atoms with Crippen LogP contribution in [0.15, 0.2) is 65.8 Å². The van der Waals surface area contributed by atoms with E-state index in [1.54, 1.807) is 24.2 Å². The van der Waals surface area contributed by atoms with Gasteiger partial charge in [-0.3, -0.25) is 9.78 Å². The second kappa shape index (κ2) is 8.56. The number of carbonyl (C=O) groups is 1. The number of hydrogen-bond donors (Lipinski definition) is 0. The van der Waals surface area contributed by atoms with Gasteiger partial charge in [-0.2, -0.15) is 0 Å². The van der Waals surface area contributed by atoms with Crippen LogP contribution in [0.3, 0.4) is 0 Å². The number of hydrogen-bond acceptors (Lipinski definition) is 3. The zero-order valence-electron chi connectivity index (χ0n) is 15.1. The Morgan fingerprint density at radius 3 is 2.68 bits per heavy atom. The number of aromatic nitrogens is 1. The fourth-order valence-electron chi connectivity index (χ4n) is 3.36. The molecule has 2 heterocycles. The van der Waals surface area contributed by atoms with Gasteiger partial charge < -0.3 is 4.90 Å². The third-order valence-electron chi connectivity index (χ3n) is 4.70. The van der Waals surface area contributed by atoms with E-state index in [4.69, 9.17) is 23.2 Å². The number of amides is 1. The summed E-state index contributed by atoms with van der Waals surface area (Å²) in [5, 5.41) is 1.25. The SMILES string of the molecule is O=C(c1cncc(CSc2c(Cl)cccc2Cl)c1)N1CCCc2ccccc21. The Labute approximate surface area is 178 Å². The minimum absolute atomic E-state index is 0.0118. The van der Waals surface area contributed by atoms with E-state index in [0.29, 0.717) is 21.4 Å². The molecule has 6 heteroatoms. The van der Waals surface area contributed by atoms with Gasteiger partial charge in [0, 0.05) is 35.3 Å². The van der Waals surface area contributed by atoms with E-state index in [-0.39, 0.29) is 5.91 Å². The van der Waals surface area contributed by atoms with E-state index >= 15 is 0 Å².